The molecule has 0 aromatic carbocycles. The summed E-state index contributed by atoms with van der Waals surface area (Å²) < 4.78 is 1.19. The van der Waals surface area contributed by atoms with Crippen molar-refractivity contribution in [3.8, 4) is 5.95 Å². The van der Waals surface area contributed by atoms with Crippen LogP contribution in [0.25, 0.3) is 5.95 Å². The fourth-order valence-electron chi connectivity index (χ4n) is 0.476. The predicted molar refractivity (Wildman–Crippen MR) is 25.7 cm³/mol. The van der Waals surface area contributed by atoms with Crippen LogP contribution in [0, 0.1) is 6.33 Å². The van der Waals surface area contributed by atoms with Crippen LogP contribution < -0.4 is 0 Å². The topological polar surface area (TPSA) is 98.1 Å². The van der Waals surface area contributed by atoms with E-state index in [4.69, 9.17) is 0 Å². The molecule has 2 aromatic heterocycles. The van der Waals surface area contributed by atoms with Gasteiger partial charge in [0.25, 0.3) is 5.95 Å². The number of hydrogen-bond acceptors (Lipinski definition) is 6. The van der Waals surface area contributed by atoms with Crippen molar-refractivity contribution in [1.29, 1.82) is 0 Å². The summed E-state index contributed by atoms with van der Waals surface area (Å²) in [5, 5.41) is 22.7. The van der Waals surface area contributed by atoms with Crippen molar-refractivity contribution in [2.24, 2.45) is 0 Å². The molecule has 0 amide bonds. The van der Waals surface area contributed by atoms with Crippen LogP contribution in [0.2, 0.25) is 0 Å². The summed E-state index contributed by atoms with van der Waals surface area (Å²) in [7, 11) is 0. The number of aromatic nitrogens is 8. The molecular formula is C2HN8. The fraction of sp³-hybridized carbons (Fsp3) is 0. The Morgan fingerprint density at radius 2 is 2.40 bits per heavy atom. The van der Waals surface area contributed by atoms with Crippen molar-refractivity contribution in [2.75, 3.05) is 0 Å². The highest BCUT2D eigenvalue weighted by Gasteiger charge is 1.99. The Labute approximate surface area is 54.2 Å². The Hall–Kier alpha value is -1.86. The molecule has 8 nitrogen and oxygen atoms in total. The van der Waals surface area contributed by atoms with Gasteiger partial charge in [-0.15, -0.1) is 5.10 Å². The first-order valence-corrected chi connectivity index (χ1v) is 2.37. The highest BCUT2D eigenvalue weighted by molar-refractivity contribution is 4.96. The van der Waals surface area contributed by atoms with Crippen molar-refractivity contribution in [2.45, 2.75) is 0 Å². The van der Waals surface area contributed by atoms with Crippen LogP contribution in [-0.4, -0.2) is 40.8 Å². The van der Waals surface area contributed by atoms with Crippen LogP contribution >= 0.6 is 0 Å². The molecule has 10 heavy (non-hydrogen) atoms. The van der Waals surface area contributed by atoms with Gasteiger partial charge in [-0.05, 0) is 20.9 Å². The first kappa shape index (κ1) is 4.97. The van der Waals surface area contributed by atoms with E-state index in [0.717, 1.165) is 0 Å². The average Bonchev–Trinajstić information content (AvgIpc) is 2.59. The number of hydrogen-bond donors (Lipinski definition) is 1. The van der Waals surface area contributed by atoms with Crippen LogP contribution in [-0.2, 0) is 0 Å². The van der Waals surface area contributed by atoms with Crippen LogP contribution in [0.3, 0.4) is 0 Å². The van der Waals surface area contributed by atoms with Gasteiger partial charge < -0.3 is 0 Å². The van der Waals surface area contributed by atoms with Gasteiger partial charge in [0, 0.05) is 0 Å². The molecule has 2 aromatic rings. The summed E-state index contributed by atoms with van der Waals surface area (Å²) in [5.74, 6) is 0.338. The second-order valence-electron chi connectivity index (χ2n) is 1.42. The third kappa shape index (κ3) is 0.623. The predicted octanol–water partition coefficient (Wildman–Crippen LogP) is -2.02. The molecule has 0 spiro atoms. The Morgan fingerprint density at radius 1 is 1.40 bits per heavy atom. The SMILES string of the molecule is [c]1nnnn1-c1nnn[nH]1. The first-order valence-electron chi connectivity index (χ1n) is 2.37. The molecule has 0 bridgehead atoms. The van der Waals surface area contributed by atoms with Crippen molar-refractivity contribution < 1.29 is 0 Å². The number of tetrazole rings is 2. The molecule has 0 saturated heterocycles. The Kier molecular flexibility index (Phi) is 0.907. The minimum atomic E-state index is 0.338. The Bertz CT molecular complexity index is 247. The summed E-state index contributed by atoms with van der Waals surface area (Å²) in [6, 6.07) is 0. The maximum atomic E-state index is 3.53. The van der Waals surface area contributed by atoms with Gasteiger partial charge in [0.1, 0.15) is 0 Å². The summed E-state index contributed by atoms with van der Waals surface area (Å²) in [5.41, 5.74) is 0. The lowest BCUT2D eigenvalue weighted by Crippen LogP contribution is -1.97. The summed E-state index contributed by atoms with van der Waals surface area (Å²) in [4.78, 5) is 0. The molecule has 0 aliphatic rings. The van der Waals surface area contributed by atoms with Gasteiger partial charge in [-0.25, -0.2) is 5.10 Å². The van der Waals surface area contributed by atoms with Crippen LogP contribution in [0.15, 0.2) is 0 Å². The van der Waals surface area contributed by atoms with Gasteiger partial charge in [0.2, 0.25) is 6.33 Å². The second-order valence-corrected chi connectivity index (χ2v) is 1.42. The number of nitrogens with zero attached hydrogens (tertiary/aromatic N) is 7. The van der Waals surface area contributed by atoms with Crippen molar-refractivity contribution in [1.82, 2.24) is 40.8 Å². The molecule has 0 saturated carbocycles. The molecular weight excluding hydrogens is 136 g/mol. The van der Waals surface area contributed by atoms with Crippen molar-refractivity contribution in [3.05, 3.63) is 6.33 Å². The van der Waals surface area contributed by atoms with E-state index in [0.29, 0.717) is 5.95 Å². The molecule has 2 heterocycles. The molecule has 0 atom stereocenters. The third-order valence-electron chi connectivity index (χ3n) is 0.848. The fourth-order valence-corrected chi connectivity index (χ4v) is 0.476. The van der Waals surface area contributed by atoms with Crippen LogP contribution in [0.1, 0.15) is 0 Å². The molecule has 0 aliphatic carbocycles. The van der Waals surface area contributed by atoms with E-state index in [1.807, 2.05) is 0 Å². The van der Waals surface area contributed by atoms with E-state index in [2.05, 4.69) is 42.5 Å². The monoisotopic (exact) mass is 137 g/mol. The van der Waals surface area contributed by atoms with Gasteiger partial charge in [-0.2, -0.15) is 4.68 Å². The normalized spacial score (nSPS) is 10.0. The molecule has 0 unspecified atom stereocenters. The van der Waals surface area contributed by atoms with E-state index in [1.165, 1.54) is 4.68 Å². The van der Waals surface area contributed by atoms with Crippen molar-refractivity contribution in [3.63, 3.8) is 0 Å². The highest BCUT2D eigenvalue weighted by Crippen LogP contribution is 1.86. The summed E-state index contributed by atoms with van der Waals surface area (Å²) >= 11 is 0. The lowest BCUT2D eigenvalue weighted by Gasteiger charge is -1.83. The van der Waals surface area contributed by atoms with Gasteiger partial charge in [0.15, 0.2) is 0 Å². The lowest BCUT2D eigenvalue weighted by atomic mass is 11.0. The summed E-state index contributed by atoms with van der Waals surface area (Å²) in [6.45, 7) is 0. The number of H-pyrrole nitrogens is 1. The van der Waals surface area contributed by atoms with Gasteiger partial charge in [-0.3, -0.25) is 0 Å². The lowest BCUT2D eigenvalue weighted by molar-refractivity contribution is 0.748. The number of aromatic amines is 1. The van der Waals surface area contributed by atoms with E-state index in [1.54, 1.807) is 0 Å². The van der Waals surface area contributed by atoms with E-state index < -0.39 is 0 Å². The van der Waals surface area contributed by atoms with Crippen LogP contribution in [0.5, 0.6) is 0 Å². The Balaban J connectivity index is 2.48. The molecule has 0 aliphatic heterocycles. The second kappa shape index (κ2) is 1.83. The zero-order valence-electron chi connectivity index (χ0n) is 4.63. The zero-order valence-corrected chi connectivity index (χ0v) is 4.63. The molecule has 1 radical (unpaired) electrons. The minimum Gasteiger partial charge on any atom is -0.223 e. The molecule has 2 rings (SSSR count). The Morgan fingerprint density at radius 3 is 3.00 bits per heavy atom. The minimum absolute atomic E-state index is 0.338. The largest absolute Gasteiger partial charge is 0.271 e. The maximum Gasteiger partial charge on any atom is 0.271 e. The highest BCUT2D eigenvalue weighted by atomic mass is 15.6. The van der Waals surface area contributed by atoms with Gasteiger partial charge in [-0.1, -0.05) is 5.10 Å². The zero-order chi connectivity index (χ0) is 6.81. The molecule has 8 heteroatoms. The number of rotatable bonds is 1. The maximum absolute atomic E-state index is 3.53. The third-order valence-corrected chi connectivity index (χ3v) is 0.848. The molecule has 0 fully saturated rings. The number of nitrogens with one attached hydrogen (secondary N) is 1. The molecule has 1 N–H and O–H groups in total. The molecule has 49 valence electrons. The van der Waals surface area contributed by atoms with E-state index in [9.17, 15) is 0 Å². The van der Waals surface area contributed by atoms with Crippen LogP contribution in [0.4, 0.5) is 0 Å². The standard InChI is InChI=1S/C2HN8/c1-3-6-9-10(1)2-4-7-8-5-2/h(H,4,5,7,8). The first-order chi connectivity index (χ1) is 4.97. The van der Waals surface area contributed by atoms with E-state index in [-0.39, 0.29) is 0 Å². The smallest absolute Gasteiger partial charge is 0.223 e. The van der Waals surface area contributed by atoms with Gasteiger partial charge in [0.05, 0.1) is 0 Å². The summed E-state index contributed by atoms with van der Waals surface area (Å²) in [6.07, 6.45) is 2.41. The van der Waals surface area contributed by atoms with Gasteiger partial charge >= 0.3 is 0 Å². The van der Waals surface area contributed by atoms with Crippen molar-refractivity contribution >= 4 is 0 Å². The van der Waals surface area contributed by atoms with E-state index >= 15 is 0 Å². The average molecular weight is 137 g/mol. The quantitative estimate of drug-likeness (QED) is 0.487.